The van der Waals surface area contributed by atoms with Gasteiger partial charge in [-0.2, -0.15) is 0 Å². The molecule has 0 fully saturated rings. The van der Waals surface area contributed by atoms with Crippen molar-refractivity contribution >= 4 is 11.6 Å². The third-order valence-electron chi connectivity index (χ3n) is 2.92. The van der Waals surface area contributed by atoms with Crippen LogP contribution >= 0.6 is 11.6 Å². The maximum absolute atomic E-state index is 10.6. The fraction of sp³-hybridized carbons (Fsp3) is 0.571. The van der Waals surface area contributed by atoms with Gasteiger partial charge < -0.3 is 10.4 Å². The largest absolute Gasteiger partial charge is 0.384 e. The van der Waals surface area contributed by atoms with Crippen molar-refractivity contribution in [2.75, 3.05) is 13.1 Å². The molecule has 0 aliphatic rings. The minimum atomic E-state index is -0.834. The molecule has 0 heterocycles. The van der Waals surface area contributed by atoms with Crippen LogP contribution in [-0.4, -0.2) is 18.2 Å². The van der Waals surface area contributed by atoms with Crippen molar-refractivity contribution in [3.8, 4) is 0 Å². The Bertz CT molecular complexity index is 354. The molecule has 3 heteroatoms. The van der Waals surface area contributed by atoms with Gasteiger partial charge in [0.25, 0.3) is 0 Å². The maximum Gasteiger partial charge on any atom is 0.102 e. The highest BCUT2D eigenvalue weighted by atomic mass is 35.5. The molecule has 1 unspecified atom stereocenters. The van der Waals surface area contributed by atoms with Crippen LogP contribution in [0.2, 0.25) is 5.02 Å². The summed E-state index contributed by atoms with van der Waals surface area (Å²) in [5.74, 6) is 0.579. The Morgan fingerprint density at radius 1 is 1.41 bits per heavy atom. The van der Waals surface area contributed by atoms with E-state index in [4.69, 9.17) is 11.6 Å². The predicted octanol–water partition coefficient (Wildman–Crippen LogP) is 3.18. The predicted molar refractivity (Wildman–Crippen MR) is 73.3 cm³/mol. The van der Waals surface area contributed by atoms with Gasteiger partial charge in [0.2, 0.25) is 0 Å². The number of halogens is 1. The Morgan fingerprint density at radius 3 is 2.65 bits per heavy atom. The summed E-state index contributed by atoms with van der Waals surface area (Å²) in [7, 11) is 0. The molecule has 1 aromatic carbocycles. The van der Waals surface area contributed by atoms with Crippen LogP contribution in [0, 0.1) is 5.92 Å². The van der Waals surface area contributed by atoms with Crippen LogP contribution in [0.4, 0.5) is 0 Å². The van der Waals surface area contributed by atoms with Crippen molar-refractivity contribution in [3.63, 3.8) is 0 Å². The van der Waals surface area contributed by atoms with Gasteiger partial charge in [-0.25, -0.2) is 0 Å². The van der Waals surface area contributed by atoms with Gasteiger partial charge in [0.05, 0.1) is 0 Å². The molecule has 0 aliphatic carbocycles. The highest BCUT2D eigenvalue weighted by Gasteiger charge is 2.26. The van der Waals surface area contributed by atoms with E-state index in [0.717, 1.165) is 12.1 Å². The molecule has 17 heavy (non-hydrogen) atoms. The van der Waals surface area contributed by atoms with Crippen molar-refractivity contribution in [2.45, 2.75) is 32.8 Å². The summed E-state index contributed by atoms with van der Waals surface area (Å²) in [5.41, 5.74) is 0.0449. The normalized spacial score (nSPS) is 14.9. The lowest BCUT2D eigenvalue weighted by atomic mass is 9.91. The minimum Gasteiger partial charge on any atom is -0.384 e. The quantitative estimate of drug-likeness (QED) is 0.818. The minimum absolute atomic E-state index is 0.558. The molecule has 0 aromatic heterocycles. The van der Waals surface area contributed by atoms with Crippen LogP contribution < -0.4 is 5.32 Å². The second-order valence-electron chi connectivity index (χ2n) is 4.92. The molecular weight excluding hydrogens is 234 g/mol. The summed E-state index contributed by atoms with van der Waals surface area (Å²) < 4.78 is 0. The summed E-state index contributed by atoms with van der Waals surface area (Å²) in [5, 5.41) is 14.6. The third kappa shape index (κ3) is 4.30. The van der Waals surface area contributed by atoms with Gasteiger partial charge in [0, 0.05) is 11.6 Å². The maximum atomic E-state index is 10.6. The van der Waals surface area contributed by atoms with E-state index in [1.165, 1.54) is 0 Å². The van der Waals surface area contributed by atoms with Crippen LogP contribution in [0.1, 0.15) is 32.8 Å². The molecule has 1 rings (SSSR count). The van der Waals surface area contributed by atoms with Crippen LogP contribution in [0.5, 0.6) is 0 Å². The molecule has 1 aromatic rings. The first-order valence-electron chi connectivity index (χ1n) is 6.17. The van der Waals surface area contributed by atoms with E-state index >= 15 is 0 Å². The molecule has 96 valence electrons. The Morgan fingerprint density at radius 2 is 2.12 bits per heavy atom. The van der Waals surface area contributed by atoms with Crippen LogP contribution in [0.3, 0.4) is 0 Å². The first-order valence-corrected chi connectivity index (χ1v) is 6.55. The Balaban J connectivity index is 2.73. The van der Waals surface area contributed by atoms with Gasteiger partial charge in [-0.05, 0) is 36.6 Å². The van der Waals surface area contributed by atoms with E-state index in [-0.39, 0.29) is 0 Å². The summed E-state index contributed by atoms with van der Waals surface area (Å²) in [6.07, 6.45) is 0.665. The van der Waals surface area contributed by atoms with Crippen molar-refractivity contribution in [2.24, 2.45) is 5.92 Å². The molecule has 0 bridgehead atoms. The smallest absolute Gasteiger partial charge is 0.102 e. The summed E-state index contributed by atoms with van der Waals surface area (Å²) >= 11 is 5.96. The zero-order chi connectivity index (χ0) is 12.9. The van der Waals surface area contributed by atoms with E-state index in [1.807, 2.05) is 31.2 Å². The number of rotatable bonds is 6. The molecule has 0 spiro atoms. The lowest BCUT2D eigenvalue weighted by molar-refractivity contribution is 0.0322. The van der Waals surface area contributed by atoms with E-state index < -0.39 is 5.60 Å². The lowest BCUT2D eigenvalue weighted by Crippen LogP contribution is -2.39. The molecule has 2 N–H and O–H groups in total. The van der Waals surface area contributed by atoms with Gasteiger partial charge in [-0.3, -0.25) is 0 Å². The highest BCUT2D eigenvalue weighted by Crippen LogP contribution is 2.26. The lowest BCUT2D eigenvalue weighted by Gasteiger charge is -2.28. The number of nitrogens with one attached hydrogen (secondary N) is 1. The van der Waals surface area contributed by atoms with Crippen LogP contribution in [0.15, 0.2) is 24.3 Å². The molecule has 0 amide bonds. The molecule has 0 radical (unpaired) electrons. The standard InChI is InChI=1S/C14H22ClNO/c1-4-14(17,10-16-9-11(2)3)12-6-5-7-13(15)8-12/h5-8,11,16-17H,4,9-10H2,1-3H3. The van der Waals surface area contributed by atoms with E-state index in [2.05, 4.69) is 19.2 Å². The molecule has 0 saturated carbocycles. The van der Waals surface area contributed by atoms with Crippen LogP contribution in [-0.2, 0) is 5.60 Å². The SMILES string of the molecule is CCC(O)(CNCC(C)C)c1cccc(Cl)c1. The average molecular weight is 256 g/mol. The highest BCUT2D eigenvalue weighted by molar-refractivity contribution is 6.30. The zero-order valence-electron chi connectivity index (χ0n) is 10.8. The number of aliphatic hydroxyl groups is 1. The fourth-order valence-corrected chi connectivity index (χ4v) is 1.97. The zero-order valence-corrected chi connectivity index (χ0v) is 11.6. The second kappa shape index (κ2) is 6.39. The molecule has 0 saturated heterocycles. The number of hydrogen-bond donors (Lipinski definition) is 2. The first-order chi connectivity index (χ1) is 7.98. The first kappa shape index (κ1) is 14.5. The van der Waals surface area contributed by atoms with Crippen molar-refractivity contribution in [3.05, 3.63) is 34.9 Å². The Kier molecular flexibility index (Phi) is 5.44. The molecule has 2 nitrogen and oxygen atoms in total. The van der Waals surface area contributed by atoms with E-state index in [0.29, 0.717) is 23.9 Å². The fourth-order valence-electron chi connectivity index (χ4n) is 1.78. The van der Waals surface area contributed by atoms with E-state index in [9.17, 15) is 5.11 Å². The topological polar surface area (TPSA) is 32.3 Å². The Labute approximate surface area is 109 Å². The summed E-state index contributed by atoms with van der Waals surface area (Å²) in [6, 6.07) is 7.46. The van der Waals surface area contributed by atoms with Crippen LogP contribution in [0.25, 0.3) is 0 Å². The van der Waals surface area contributed by atoms with E-state index in [1.54, 1.807) is 0 Å². The van der Waals surface area contributed by atoms with Gasteiger partial charge in [0.1, 0.15) is 5.60 Å². The number of benzene rings is 1. The Hall–Kier alpha value is -0.570. The molecule has 0 aliphatic heterocycles. The van der Waals surface area contributed by atoms with Crippen molar-refractivity contribution < 1.29 is 5.11 Å². The van der Waals surface area contributed by atoms with Gasteiger partial charge in [-0.15, -0.1) is 0 Å². The third-order valence-corrected chi connectivity index (χ3v) is 3.15. The molecule has 1 atom stereocenters. The van der Waals surface area contributed by atoms with Gasteiger partial charge >= 0.3 is 0 Å². The van der Waals surface area contributed by atoms with Gasteiger partial charge in [0.15, 0.2) is 0 Å². The van der Waals surface area contributed by atoms with Gasteiger partial charge in [-0.1, -0.05) is 44.5 Å². The average Bonchev–Trinajstić information content (AvgIpc) is 2.28. The summed E-state index contributed by atoms with van der Waals surface area (Å²) in [4.78, 5) is 0. The van der Waals surface area contributed by atoms with Crippen molar-refractivity contribution in [1.29, 1.82) is 0 Å². The van der Waals surface area contributed by atoms with Crippen molar-refractivity contribution in [1.82, 2.24) is 5.32 Å². The summed E-state index contributed by atoms with van der Waals surface area (Å²) in [6.45, 7) is 7.75. The number of hydrogen-bond acceptors (Lipinski definition) is 2. The monoisotopic (exact) mass is 255 g/mol. The molecular formula is C14H22ClNO. The second-order valence-corrected chi connectivity index (χ2v) is 5.36.